The third-order valence-corrected chi connectivity index (χ3v) is 11.2. The number of thioether (sulfide) groups is 2. The van der Waals surface area contributed by atoms with E-state index in [0.717, 1.165) is 22.3 Å². The first-order valence-electron chi connectivity index (χ1n) is 16.5. The number of carbonyl (C=O) groups is 4. The number of nitrogens with two attached hydrogens (primary N) is 1. The highest BCUT2D eigenvalue weighted by atomic mass is 32.2. The fourth-order valence-electron chi connectivity index (χ4n) is 6.54. The van der Waals surface area contributed by atoms with Gasteiger partial charge in [-0.1, -0.05) is 66.7 Å². The van der Waals surface area contributed by atoms with Crippen molar-refractivity contribution in [2.45, 2.75) is 74.2 Å². The van der Waals surface area contributed by atoms with Crippen LogP contribution in [-0.4, -0.2) is 91.7 Å². The molecule has 0 bridgehead atoms. The fraction of sp³-hybridized carbons (Fsp3) is 0.405. The van der Waals surface area contributed by atoms with Crippen molar-refractivity contribution in [3.63, 3.8) is 0 Å². The zero-order valence-electron chi connectivity index (χ0n) is 28.4. The Bertz CT molecular complexity index is 1670. The second-order valence-electron chi connectivity index (χ2n) is 13.3. The van der Waals surface area contributed by atoms with Gasteiger partial charge in [-0.3, -0.25) is 19.2 Å². The molecule has 3 aromatic carbocycles. The average molecular weight is 720 g/mol. The molecule has 2 aliphatic rings. The van der Waals surface area contributed by atoms with Gasteiger partial charge in [0.2, 0.25) is 17.7 Å². The number of fused-ring (bicyclic) bond motifs is 1. The molecular formula is C37H45N5O6S2. The van der Waals surface area contributed by atoms with E-state index in [1.165, 1.54) is 28.4 Å². The van der Waals surface area contributed by atoms with Gasteiger partial charge in [0.15, 0.2) is 6.10 Å². The largest absolute Gasteiger partial charge is 0.399 e. The lowest BCUT2D eigenvalue weighted by atomic mass is 9.96. The summed E-state index contributed by atoms with van der Waals surface area (Å²) in [5.74, 6) is -1.64. The van der Waals surface area contributed by atoms with Gasteiger partial charge in [-0.2, -0.15) is 11.8 Å². The van der Waals surface area contributed by atoms with Crippen molar-refractivity contribution in [1.82, 2.24) is 20.9 Å². The van der Waals surface area contributed by atoms with E-state index in [1.807, 2.05) is 74.7 Å². The zero-order valence-corrected chi connectivity index (χ0v) is 30.0. The first-order valence-corrected chi connectivity index (χ1v) is 18.9. The van der Waals surface area contributed by atoms with E-state index in [2.05, 4.69) is 16.0 Å². The van der Waals surface area contributed by atoms with E-state index >= 15 is 0 Å². The predicted molar refractivity (Wildman–Crippen MR) is 197 cm³/mol. The van der Waals surface area contributed by atoms with Crippen LogP contribution in [0.2, 0.25) is 0 Å². The number of hydrogen-bond acceptors (Lipinski definition) is 9. The van der Waals surface area contributed by atoms with Crippen LogP contribution in [0.5, 0.6) is 0 Å². The van der Waals surface area contributed by atoms with Gasteiger partial charge in [0, 0.05) is 22.6 Å². The molecule has 6 atom stereocenters. The number of nitrogens with one attached hydrogen (secondary N) is 3. The van der Waals surface area contributed by atoms with Gasteiger partial charge in [-0.25, -0.2) is 0 Å². The monoisotopic (exact) mass is 719 g/mol. The summed E-state index contributed by atoms with van der Waals surface area (Å²) in [7, 11) is 0. The van der Waals surface area contributed by atoms with E-state index < -0.39 is 58.8 Å². The molecule has 1 aliphatic carbocycles. The van der Waals surface area contributed by atoms with E-state index in [4.69, 9.17) is 5.73 Å². The van der Waals surface area contributed by atoms with Gasteiger partial charge < -0.3 is 36.8 Å². The Morgan fingerprint density at radius 3 is 2.36 bits per heavy atom. The maximum atomic E-state index is 14.2. The van der Waals surface area contributed by atoms with Gasteiger partial charge in [-0.05, 0) is 60.9 Å². The van der Waals surface area contributed by atoms with Gasteiger partial charge in [0.25, 0.3) is 5.91 Å². The number of rotatable bonds is 13. The molecule has 1 heterocycles. The molecule has 266 valence electrons. The lowest BCUT2D eigenvalue weighted by Gasteiger charge is -2.34. The van der Waals surface area contributed by atoms with Crippen LogP contribution in [0.25, 0.3) is 0 Å². The summed E-state index contributed by atoms with van der Waals surface area (Å²) < 4.78 is -0.709. The molecule has 5 rings (SSSR count). The SMILES string of the molecule is CSC[C@H](NC(=O)Cc1ccc(N)cc1)C(=O)N[C@@H](Cc1ccccc1)[C@H](O)C(=O)N1CSC(C)(C)[C@H]1C(=O)N[C@H]1c2ccccc2C[C@H]1O. The number of aliphatic hydroxyl groups excluding tert-OH is 2. The van der Waals surface area contributed by atoms with Crippen LogP contribution >= 0.6 is 23.5 Å². The molecule has 0 saturated carbocycles. The van der Waals surface area contributed by atoms with Crippen molar-refractivity contribution in [2.24, 2.45) is 0 Å². The minimum Gasteiger partial charge on any atom is -0.399 e. The van der Waals surface area contributed by atoms with Crippen LogP contribution in [0.3, 0.4) is 0 Å². The molecule has 0 unspecified atom stereocenters. The topological polar surface area (TPSA) is 174 Å². The van der Waals surface area contributed by atoms with Gasteiger partial charge >= 0.3 is 0 Å². The summed E-state index contributed by atoms with van der Waals surface area (Å²) in [6, 6.07) is 20.0. The Morgan fingerprint density at radius 1 is 0.980 bits per heavy atom. The van der Waals surface area contributed by atoms with Crippen LogP contribution in [-0.2, 0) is 38.4 Å². The third kappa shape index (κ3) is 8.81. The number of carbonyl (C=O) groups excluding carboxylic acids is 4. The molecule has 1 fully saturated rings. The highest BCUT2D eigenvalue weighted by molar-refractivity contribution is 8.00. The van der Waals surface area contributed by atoms with E-state index in [9.17, 15) is 29.4 Å². The van der Waals surface area contributed by atoms with Crippen molar-refractivity contribution in [3.8, 4) is 0 Å². The standard InChI is InChI=1S/C37H45N5O6S2/c1-37(2)33(35(47)41-31-26-12-8-7-11-24(26)19-29(31)43)42(21-50-37)36(48)32(45)27(17-22-9-5-4-6-10-22)40-34(46)28(20-49-3)39-30(44)18-23-13-15-25(38)16-14-23/h4-16,27-29,31-33,43,45H,17-21,38H2,1-3H3,(H,39,44)(H,40,46)(H,41,47)/t27-,28-,29+,31-,32-,33+/m0/s1. The number of hydrogen-bond donors (Lipinski definition) is 6. The minimum atomic E-state index is -1.71. The summed E-state index contributed by atoms with van der Waals surface area (Å²) in [4.78, 5) is 56.1. The quantitative estimate of drug-likeness (QED) is 0.145. The molecule has 0 spiro atoms. The summed E-state index contributed by atoms with van der Waals surface area (Å²) in [6.45, 7) is 3.73. The van der Waals surface area contributed by atoms with E-state index in [-0.39, 0.29) is 30.4 Å². The molecule has 4 amide bonds. The van der Waals surface area contributed by atoms with Crippen molar-refractivity contribution in [1.29, 1.82) is 0 Å². The number of aliphatic hydroxyl groups is 2. The molecule has 13 heteroatoms. The molecule has 7 N–H and O–H groups in total. The Balaban J connectivity index is 1.33. The minimum absolute atomic E-state index is 0.0440. The lowest BCUT2D eigenvalue weighted by Crippen LogP contribution is -2.60. The molecule has 1 saturated heterocycles. The van der Waals surface area contributed by atoms with Gasteiger partial charge in [0.05, 0.1) is 30.5 Å². The number of anilines is 1. The summed E-state index contributed by atoms with van der Waals surface area (Å²) in [6.07, 6.45) is -0.129. The average Bonchev–Trinajstić information content (AvgIpc) is 3.59. The van der Waals surface area contributed by atoms with Crippen LogP contribution in [0.15, 0.2) is 78.9 Å². The Labute approximate surface area is 301 Å². The first kappa shape index (κ1) is 37.2. The third-order valence-electron chi connectivity index (χ3n) is 9.17. The van der Waals surface area contributed by atoms with Crippen molar-refractivity contribution < 1.29 is 29.4 Å². The number of benzene rings is 3. The van der Waals surface area contributed by atoms with Crippen LogP contribution < -0.4 is 21.7 Å². The second-order valence-corrected chi connectivity index (χ2v) is 15.8. The number of amides is 4. The smallest absolute Gasteiger partial charge is 0.254 e. The molecule has 3 aromatic rings. The normalized spacial score (nSPS) is 21.1. The van der Waals surface area contributed by atoms with Crippen molar-refractivity contribution >= 4 is 52.8 Å². The molecule has 50 heavy (non-hydrogen) atoms. The lowest BCUT2D eigenvalue weighted by molar-refractivity contribution is -0.148. The van der Waals surface area contributed by atoms with Crippen molar-refractivity contribution in [3.05, 3.63) is 101 Å². The number of nitrogen functional groups attached to an aromatic ring is 1. The van der Waals surface area contributed by atoms with Gasteiger partial charge in [0.1, 0.15) is 12.1 Å². The molecule has 1 aliphatic heterocycles. The zero-order chi connectivity index (χ0) is 36.0. The van der Waals surface area contributed by atoms with Crippen LogP contribution in [0.1, 0.15) is 42.1 Å². The highest BCUT2D eigenvalue weighted by Crippen LogP contribution is 2.41. The van der Waals surface area contributed by atoms with Crippen LogP contribution in [0, 0.1) is 0 Å². The predicted octanol–water partition coefficient (Wildman–Crippen LogP) is 2.20. The summed E-state index contributed by atoms with van der Waals surface area (Å²) in [5, 5.41) is 31.1. The summed E-state index contributed by atoms with van der Waals surface area (Å²) >= 11 is 2.78. The molecule has 0 radical (unpaired) electrons. The maximum Gasteiger partial charge on any atom is 0.254 e. The summed E-state index contributed by atoms with van der Waals surface area (Å²) in [5.41, 5.74) is 9.64. The Kier molecular flexibility index (Phi) is 12.2. The van der Waals surface area contributed by atoms with Crippen LogP contribution in [0.4, 0.5) is 5.69 Å². The second kappa shape index (κ2) is 16.3. The number of nitrogens with zero attached hydrogens (tertiary/aromatic N) is 1. The Morgan fingerprint density at radius 2 is 1.66 bits per heavy atom. The first-order chi connectivity index (χ1) is 23.9. The van der Waals surface area contributed by atoms with Gasteiger partial charge in [-0.15, -0.1) is 11.8 Å². The highest BCUT2D eigenvalue weighted by Gasteiger charge is 2.51. The van der Waals surface area contributed by atoms with E-state index in [0.29, 0.717) is 12.1 Å². The van der Waals surface area contributed by atoms with Crippen molar-refractivity contribution in [2.75, 3.05) is 23.6 Å². The fourth-order valence-corrected chi connectivity index (χ4v) is 8.25. The maximum absolute atomic E-state index is 14.2. The molecule has 0 aromatic heterocycles. The molecule has 11 nitrogen and oxygen atoms in total. The Hall–Kier alpha value is -4.04. The van der Waals surface area contributed by atoms with E-state index in [1.54, 1.807) is 24.3 Å². The molecular weight excluding hydrogens is 675 g/mol.